The van der Waals surface area contributed by atoms with E-state index in [1.165, 1.54) is 25.0 Å². The van der Waals surface area contributed by atoms with E-state index in [1.807, 2.05) is 0 Å². The number of carbonyl (C=O) groups excluding carboxylic acids is 1. The van der Waals surface area contributed by atoms with Gasteiger partial charge in [-0.1, -0.05) is 22.0 Å². The van der Waals surface area contributed by atoms with Crippen molar-refractivity contribution in [2.75, 3.05) is 20.1 Å². The summed E-state index contributed by atoms with van der Waals surface area (Å²) >= 11 is 3.25. The van der Waals surface area contributed by atoms with Gasteiger partial charge in [-0.25, -0.2) is 13.1 Å². The fraction of sp³-hybridized carbons (Fsp3) is 0.562. The third kappa shape index (κ3) is 5.84. The van der Waals surface area contributed by atoms with Crippen molar-refractivity contribution in [3.8, 4) is 0 Å². The number of likely N-dealkylation sites (N-methyl/N-ethyl adjacent to an activating group) is 1. The third-order valence-electron chi connectivity index (χ3n) is 4.16. The van der Waals surface area contributed by atoms with Gasteiger partial charge in [0.25, 0.3) is 0 Å². The minimum absolute atomic E-state index is 0.0769. The van der Waals surface area contributed by atoms with Crippen LogP contribution in [-0.4, -0.2) is 51.4 Å². The SMILES string of the molecule is CC(CNC(=O)CCNS(=O)(=O)c1cccc(Br)c1)N(C)C1CC1. The van der Waals surface area contributed by atoms with Gasteiger partial charge in [-0.2, -0.15) is 0 Å². The summed E-state index contributed by atoms with van der Waals surface area (Å²) in [5.41, 5.74) is 0. The zero-order chi connectivity index (χ0) is 17.7. The number of hydrogen-bond acceptors (Lipinski definition) is 4. The van der Waals surface area contributed by atoms with E-state index in [-0.39, 0.29) is 29.8 Å². The highest BCUT2D eigenvalue weighted by Gasteiger charge is 2.29. The molecule has 1 aliphatic rings. The van der Waals surface area contributed by atoms with Gasteiger partial charge in [0, 0.05) is 36.1 Å². The standard InChI is InChI=1S/C16H24BrN3O3S/c1-12(20(2)14-6-7-14)11-18-16(21)8-9-19-24(22,23)15-5-3-4-13(17)10-15/h3-5,10,12,14,19H,6-9,11H2,1-2H3,(H,18,21). The van der Waals surface area contributed by atoms with Crippen LogP contribution >= 0.6 is 15.9 Å². The van der Waals surface area contributed by atoms with Crippen LogP contribution in [0.15, 0.2) is 33.6 Å². The fourth-order valence-electron chi connectivity index (χ4n) is 2.35. The van der Waals surface area contributed by atoms with Gasteiger partial charge in [0.05, 0.1) is 4.90 Å². The minimum Gasteiger partial charge on any atom is -0.355 e. The second-order valence-electron chi connectivity index (χ2n) is 6.15. The number of nitrogens with zero attached hydrogens (tertiary/aromatic N) is 1. The number of halogens is 1. The number of carbonyl (C=O) groups is 1. The van der Waals surface area contributed by atoms with Crippen LogP contribution in [0.4, 0.5) is 0 Å². The second kappa shape index (κ2) is 8.42. The summed E-state index contributed by atoms with van der Waals surface area (Å²) in [6.07, 6.45) is 2.57. The molecular formula is C16H24BrN3O3S. The molecule has 0 spiro atoms. The first-order chi connectivity index (χ1) is 11.3. The summed E-state index contributed by atoms with van der Waals surface area (Å²) < 4.78 is 27.4. The summed E-state index contributed by atoms with van der Waals surface area (Å²) in [7, 11) is -1.52. The van der Waals surface area contributed by atoms with E-state index in [1.54, 1.807) is 12.1 Å². The Morgan fingerprint density at radius 1 is 1.42 bits per heavy atom. The fourth-order valence-corrected chi connectivity index (χ4v) is 3.98. The molecule has 2 rings (SSSR count). The Balaban J connectivity index is 1.71. The number of amides is 1. The Kier molecular flexibility index (Phi) is 6.79. The van der Waals surface area contributed by atoms with Crippen molar-refractivity contribution < 1.29 is 13.2 Å². The molecule has 0 heterocycles. The molecule has 0 aromatic heterocycles. The Labute approximate surface area is 152 Å². The van der Waals surface area contributed by atoms with Crippen molar-refractivity contribution in [1.82, 2.24) is 14.9 Å². The molecule has 1 aromatic carbocycles. The monoisotopic (exact) mass is 417 g/mol. The van der Waals surface area contributed by atoms with Crippen LogP contribution in [0.5, 0.6) is 0 Å². The molecular weight excluding hydrogens is 394 g/mol. The summed E-state index contributed by atoms with van der Waals surface area (Å²) in [6.45, 7) is 2.73. The second-order valence-corrected chi connectivity index (χ2v) is 8.84. The van der Waals surface area contributed by atoms with Gasteiger partial charge in [-0.3, -0.25) is 9.69 Å². The molecule has 1 amide bonds. The van der Waals surface area contributed by atoms with Crippen LogP contribution in [0.1, 0.15) is 26.2 Å². The van der Waals surface area contributed by atoms with Gasteiger partial charge in [-0.05, 0) is 45.0 Å². The Bertz CT molecular complexity index is 677. The zero-order valence-electron chi connectivity index (χ0n) is 14.0. The zero-order valence-corrected chi connectivity index (χ0v) is 16.4. The van der Waals surface area contributed by atoms with Gasteiger partial charge >= 0.3 is 0 Å². The molecule has 1 fully saturated rings. The van der Waals surface area contributed by atoms with Crippen LogP contribution in [0.25, 0.3) is 0 Å². The van der Waals surface area contributed by atoms with Crippen LogP contribution < -0.4 is 10.0 Å². The average Bonchev–Trinajstić information content (AvgIpc) is 3.36. The molecule has 2 N–H and O–H groups in total. The van der Waals surface area contributed by atoms with E-state index in [9.17, 15) is 13.2 Å². The van der Waals surface area contributed by atoms with Crippen LogP contribution in [0.2, 0.25) is 0 Å². The van der Waals surface area contributed by atoms with Gasteiger partial charge in [-0.15, -0.1) is 0 Å². The Morgan fingerprint density at radius 2 is 2.12 bits per heavy atom. The molecule has 134 valence electrons. The van der Waals surface area contributed by atoms with Gasteiger partial charge in [0.15, 0.2) is 0 Å². The summed E-state index contributed by atoms with van der Waals surface area (Å²) in [6, 6.07) is 7.38. The highest BCUT2D eigenvalue weighted by atomic mass is 79.9. The lowest BCUT2D eigenvalue weighted by Gasteiger charge is -2.24. The van der Waals surface area contributed by atoms with Crippen molar-refractivity contribution >= 4 is 31.9 Å². The van der Waals surface area contributed by atoms with Crippen molar-refractivity contribution in [1.29, 1.82) is 0 Å². The highest BCUT2D eigenvalue weighted by Crippen LogP contribution is 2.26. The number of sulfonamides is 1. The van der Waals surface area contributed by atoms with Crippen molar-refractivity contribution in [3.05, 3.63) is 28.7 Å². The van der Waals surface area contributed by atoms with Crippen LogP contribution in [-0.2, 0) is 14.8 Å². The quantitative estimate of drug-likeness (QED) is 0.640. The van der Waals surface area contributed by atoms with Crippen molar-refractivity contribution in [3.63, 3.8) is 0 Å². The molecule has 1 unspecified atom stereocenters. The van der Waals surface area contributed by atoms with Crippen molar-refractivity contribution in [2.24, 2.45) is 0 Å². The molecule has 1 aromatic rings. The van der Waals surface area contributed by atoms with Gasteiger partial charge in [0.2, 0.25) is 15.9 Å². The van der Waals surface area contributed by atoms with Crippen molar-refractivity contribution in [2.45, 2.75) is 43.2 Å². The Hall–Kier alpha value is -0.960. The largest absolute Gasteiger partial charge is 0.355 e. The maximum Gasteiger partial charge on any atom is 0.240 e. The number of nitrogens with one attached hydrogen (secondary N) is 2. The van der Waals surface area contributed by atoms with E-state index in [2.05, 4.69) is 44.8 Å². The lowest BCUT2D eigenvalue weighted by molar-refractivity contribution is -0.121. The van der Waals surface area contributed by atoms with E-state index in [0.29, 0.717) is 17.1 Å². The first-order valence-corrected chi connectivity index (χ1v) is 10.3. The summed E-state index contributed by atoms with van der Waals surface area (Å²) in [4.78, 5) is 14.3. The smallest absolute Gasteiger partial charge is 0.240 e. The highest BCUT2D eigenvalue weighted by molar-refractivity contribution is 9.10. The molecule has 8 heteroatoms. The average molecular weight is 418 g/mol. The molecule has 0 radical (unpaired) electrons. The Morgan fingerprint density at radius 3 is 2.75 bits per heavy atom. The predicted octanol–water partition coefficient (Wildman–Crippen LogP) is 1.72. The topological polar surface area (TPSA) is 78.5 Å². The normalized spacial score (nSPS) is 16.2. The maximum absolute atomic E-state index is 12.1. The molecule has 24 heavy (non-hydrogen) atoms. The third-order valence-corrected chi connectivity index (χ3v) is 6.12. The van der Waals surface area contributed by atoms with E-state index in [0.717, 1.165) is 0 Å². The first-order valence-electron chi connectivity index (χ1n) is 8.03. The predicted molar refractivity (Wildman–Crippen MR) is 97.2 cm³/mol. The molecule has 0 bridgehead atoms. The molecule has 1 saturated carbocycles. The minimum atomic E-state index is -3.59. The van der Waals surface area contributed by atoms with Gasteiger partial charge < -0.3 is 5.32 Å². The summed E-state index contributed by atoms with van der Waals surface area (Å²) in [5, 5.41) is 2.86. The number of rotatable bonds is 9. The summed E-state index contributed by atoms with van der Waals surface area (Å²) in [5.74, 6) is -0.150. The van der Waals surface area contributed by atoms with E-state index >= 15 is 0 Å². The van der Waals surface area contributed by atoms with Crippen LogP contribution in [0, 0.1) is 0 Å². The molecule has 0 aliphatic heterocycles. The molecule has 6 nitrogen and oxygen atoms in total. The van der Waals surface area contributed by atoms with Crippen LogP contribution in [0.3, 0.4) is 0 Å². The first kappa shape index (κ1) is 19.4. The lowest BCUT2D eigenvalue weighted by atomic mass is 10.3. The molecule has 1 atom stereocenters. The van der Waals surface area contributed by atoms with E-state index in [4.69, 9.17) is 0 Å². The maximum atomic E-state index is 12.1. The molecule has 0 saturated heterocycles. The number of hydrogen-bond donors (Lipinski definition) is 2. The molecule has 1 aliphatic carbocycles. The number of benzene rings is 1. The van der Waals surface area contributed by atoms with E-state index < -0.39 is 10.0 Å². The lowest BCUT2D eigenvalue weighted by Crippen LogP contribution is -2.41. The van der Waals surface area contributed by atoms with Gasteiger partial charge in [0.1, 0.15) is 0 Å².